The highest BCUT2D eigenvalue weighted by Gasteiger charge is 2.30. The van der Waals surface area contributed by atoms with E-state index in [2.05, 4.69) is 5.32 Å². The number of methoxy groups -OCH3 is 1. The fourth-order valence-electron chi connectivity index (χ4n) is 4.17. The smallest absolute Gasteiger partial charge is 0.261 e. The van der Waals surface area contributed by atoms with Crippen LogP contribution in [0.1, 0.15) is 16.7 Å². The standard InChI is InChI=1S/C32H31ClN2O4/c1-38-27-18-16-25(17-19-27)22-35(31(36)23-39-28-13-6-3-7-14-28)30(20-24-10-4-2-5-11-24)32(37)34-21-26-12-8-9-15-29(26)33/h2-19,30H,20-23H2,1H3,(H,34,37)/t30-/m1/s1. The van der Waals surface area contributed by atoms with Gasteiger partial charge in [0.25, 0.3) is 5.91 Å². The zero-order valence-corrected chi connectivity index (χ0v) is 22.5. The number of ether oxygens (including phenoxy) is 2. The Bertz CT molecular complexity index is 1350. The number of hydrogen-bond donors (Lipinski definition) is 1. The highest BCUT2D eigenvalue weighted by Crippen LogP contribution is 2.19. The molecular weight excluding hydrogens is 512 g/mol. The predicted molar refractivity (Wildman–Crippen MR) is 153 cm³/mol. The van der Waals surface area contributed by atoms with Crippen LogP contribution in [0.4, 0.5) is 0 Å². The summed E-state index contributed by atoms with van der Waals surface area (Å²) >= 11 is 6.32. The molecular formula is C32H31ClN2O4. The van der Waals surface area contributed by atoms with Crippen LogP contribution >= 0.6 is 11.6 Å². The van der Waals surface area contributed by atoms with Gasteiger partial charge in [0.1, 0.15) is 17.5 Å². The van der Waals surface area contributed by atoms with Crippen LogP contribution in [-0.4, -0.2) is 36.5 Å². The van der Waals surface area contributed by atoms with Crippen LogP contribution in [0.2, 0.25) is 5.02 Å². The van der Waals surface area contributed by atoms with E-state index in [1.807, 2.05) is 91.0 Å². The van der Waals surface area contributed by atoms with Crippen molar-refractivity contribution in [2.45, 2.75) is 25.6 Å². The Balaban J connectivity index is 1.61. The SMILES string of the molecule is COc1ccc(CN(C(=O)COc2ccccc2)[C@H](Cc2ccccc2)C(=O)NCc2ccccc2Cl)cc1. The van der Waals surface area contributed by atoms with E-state index in [-0.39, 0.29) is 31.5 Å². The van der Waals surface area contributed by atoms with Gasteiger partial charge in [-0.3, -0.25) is 9.59 Å². The number of hydrogen-bond acceptors (Lipinski definition) is 4. The number of carbonyl (C=O) groups is 2. The summed E-state index contributed by atoms with van der Waals surface area (Å²) in [4.78, 5) is 29.0. The van der Waals surface area contributed by atoms with Crippen LogP contribution < -0.4 is 14.8 Å². The first-order valence-corrected chi connectivity index (χ1v) is 13.1. The van der Waals surface area contributed by atoms with Gasteiger partial charge in [0.05, 0.1) is 7.11 Å². The van der Waals surface area contributed by atoms with Gasteiger partial charge in [0, 0.05) is 24.5 Å². The monoisotopic (exact) mass is 542 g/mol. The summed E-state index contributed by atoms with van der Waals surface area (Å²) < 4.78 is 11.1. The Morgan fingerprint density at radius 3 is 2.10 bits per heavy atom. The zero-order valence-electron chi connectivity index (χ0n) is 21.8. The Labute approximate surface area is 234 Å². The highest BCUT2D eigenvalue weighted by atomic mass is 35.5. The van der Waals surface area contributed by atoms with Crippen molar-refractivity contribution in [1.82, 2.24) is 10.2 Å². The minimum Gasteiger partial charge on any atom is -0.497 e. The molecule has 39 heavy (non-hydrogen) atoms. The quantitative estimate of drug-likeness (QED) is 0.250. The number of carbonyl (C=O) groups excluding carboxylic acids is 2. The lowest BCUT2D eigenvalue weighted by atomic mass is 10.0. The summed E-state index contributed by atoms with van der Waals surface area (Å²) in [6.45, 7) is 0.260. The summed E-state index contributed by atoms with van der Waals surface area (Å²) in [5.74, 6) is 0.712. The summed E-state index contributed by atoms with van der Waals surface area (Å²) in [6.07, 6.45) is 0.336. The molecule has 0 heterocycles. The average Bonchev–Trinajstić information content (AvgIpc) is 2.98. The van der Waals surface area contributed by atoms with Gasteiger partial charge in [-0.15, -0.1) is 0 Å². The second-order valence-electron chi connectivity index (χ2n) is 8.99. The first-order chi connectivity index (χ1) is 19.0. The fraction of sp³-hybridized carbons (Fsp3) is 0.188. The van der Waals surface area contributed by atoms with Crippen molar-refractivity contribution in [3.63, 3.8) is 0 Å². The minimum absolute atomic E-state index is 0.205. The van der Waals surface area contributed by atoms with Gasteiger partial charge >= 0.3 is 0 Å². The van der Waals surface area contributed by atoms with E-state index in [0.717, 1.165) is 16.7 Å². The highest BCUT2D eigenvalue weighted by molar-refractivity contribution is 6.31. The molecule has 1 atom stereocenters. The lowest BCUT2D eigenvalue weighted by molar-refractivity contribution is -0.142. The van der Waals surface area contributed by atoms with E-state index in [0.29, 0.717) is 22.9 Å². The molecule has 0 bridgehead atoms. The minimum atomic E-state index is -0.788. The van der Waals surface area contributed by atoms with Crippen molar-refractivity contribution in [3.8, 4) is 11.5 Å². The van der Waals surface area contributed by atoms with Crippen molar-refractivity contribution in [2.75, 3.05) is 13.7 Å². The maximum Gasteiger partial charge on any atom is 0.261 e. The number of benzene rings is 4. The molecule has 0 radical (unpaired) electrons. The molecule has 4 aromatic carbocycles. The van der Waals surface area contributed by atoms with Crippen molar-refractivity contribution < 1.29 is 19.1 Å². The van der Waals surface area contributed by atoms with Crippen LogP contribution in [0.15, 0.2) is 109 Å². The third-order valence-corrected chi connectivity index (χ3v) is 6.67. The van der Waals surface area contributed by atoms with Crippen LogP contribution in [0.5, 0.6) is 11.5 Å². The zero-order chi connectivity index (χ0) is 27.5. The summed E-state index contributed by atoms with van der Waals surface area (Å²) in [7, 11) is 1.60. The van der Waals surface area contributed by atoms with Crippen molar-refractivity contribution >= 4 is 23.4 Å². The third-order valence-electron chi connectivity index (χ3n) is 6.30. The van der Waals surface area contributed by atoms with E-state index < -0.39 is 6.04 Å². The Morgan fingerprint density at radius 1 is 0.795 bits per heavy atom. The normalized spacial score (nSPS) is 11.3. The maximum atomic E-state index is 13.7. The van der Waals surface area contributed by atoms with Crippen molar-refractivity contribution in [2.24, 2.45) is 0 Å². The predicted octanol–water partition coefficient (Wildman–Crippen LogP) is 5.68. The molecule has 7 heteroatoms. The Hall–Kier alpha value is -4.29. The van der Waals surface area contributed by atoms with Gasteiger partial charge in [-0.05, 0) is 47.0 Å². The summed E-state index contributed by atoms with van der Waals surface area (Å²) in [5.41, 5.74) is 2.60. The molecule has 0 aliphatic rings. The Kier molecular flexibility index (Phi) is 9.98. The molecule has 0 unspecified atom stereocenters. The number of nitrogens with zero attached hydrogens (tertiary/aromatic N) is 1. The van der Waals surface area contributed by atoms with Gasteiger partial charge < -0.3 is 19.7 Å². The second kappa shape index (κ2) is 14.0. The molecule has 2 amide bonds. The third kappa shape index (κ3) is 8.09. The van der Waals surface area contributed by atoms with Gasteiger partial charge in [0.2, 0.25) is 5.91 Å². The largest absolute Gasteiger partial charge is 0.497 e. The maximum absolute atomic E-state index is 13.7. The first-order valence-electron chi connectivity index (χ1n) is 12.7. The molecule has 0 saturated heterocycles. The van der Waals surface area contributed by atoms with Gasteiger partial charge in [0.15, 0.2) is 6.61 Å². The molecule has 0 spiro atoms. The topological polar surface area (TPSA) is 67.9 Å². The molecule has 0 aliphatic carbocycles. The summed E-state index contributed by atoms with van der Waals surface area (Å²) in [6, 6.07) is 32.8. The van der Waals surface area contributed by atoms with Gasteiger partial charge in [-0.25, -0.2) is 0 Å². The first kappa shape index (κ1) is 27.7. The van der Waals surface area contributed by atoms with Gasteiger partial charge in [-0.2, -0.15) is 0 Å². The second-order valence-corrected chi connectivity index (χ2v) is 9.39. The number of halogens is 1. The lowest BCUT2D eigenvalue weighted by Gasteiger charge is -2.31. The molecule has 0 aromatic heterocycles. The van der Waals surface area contributed by atoms with E-state index in [1.165, 1.54) is 0 Å². The molecule has 4 aromatic rings. The van der Waals surface area contributed by atoms with Crippen LogP contribution in [0.25, 0.3) is 0 Å². The molecule has 200 valence electrons. The Morgan fingerprint density at radius 2 is 1.44 bits per heavy atom. The molecule has 0 aliphatic heterocycles. The summed E-state index contributed by atoms with van der Waals surface area (Å²) in [5, 5.41) is 3.56. The van der Waals surface area contributed by atoms with Crippen LogP contribution in [0.3, 0.4) is 0 Å². The molecule has 1 N–H and O–H groups in total. The number of rotatable bonds is 12. The van der Waals surface area contributed by atoms with E-state index in [1.54, 1.807) is 30.2 Å². The fourth-order valence-corrected chi connectivity index (χ4v) is 4.37. The number of para-hydroxylation sites is 1. The number of amides is 2. The molecule has 4 rings (SSSR count). The average molecular weight is 543 g/mol. The molecule has 6 nitrogen and oxygen atoms in total. The van der Waals surface area contributed by atoms with E-state index in [4.69, 9.17) is 21.1 Å². The van der Waals surface area contributed by atoms with Crippen LogP contribution in [0, 0.1) is 0 Å². The van der Waals surface area contributed by atoms with Crippen molar-refractivity contribution in [3.05, 3.63) is 131 Å². The van der Waals surface area contributed by atoms with E-state index >= 15 is 0 Å². The van der Waals surface area contributed by atoms with E-state index in [9.17, 15) is 9.59 Å². The number of nitrogens with one attached hydrogen (secondary N) is 1. The lowest BCUT2D eigenvalue weighted by Crippen LogP contribution is -2.51. The molecule has 0 fully saturated rings. The van der Waals surface area contributed by atoms with Crippen LogP contribution in [-0.2, 0) is 29.1 Å². The van der Waals surface area contributed by atoms with Crippen molar-refractivity contribution in [1.29, 1.82) is 0 Å². The van der Waals surface area contributed by atoms with Gasteiger partial charge in [-0.1, -0.05) is 90.5 Å². The molecule has 0 saturated carbocycles.